The van der Waals surface area contributed by atoms with Crippen molar-refractivity contribution in [3.63, 3.8) is 0 Å². The molecule has 1 aromatic carbocycles. The Bertz CT molecular complexity index is 361. The summed E-state index contributed by atoms with van der Waals surface area (Å²) >= 11 is 0. The zero-order chi connectivity index (χ0) is 9.14. The molecule has 0 fully saturated rings. The Labute approximate surface area is 69.2 Å². The molecule has 0 amide bonds. The van der Waals surface area contributed by atoms with Gasteiger partial charge in [0.15, 0.2) is 0 Å². The largest absolute Gasteiger partial charge is 0.395 e. The zero-order valence-electron chi connectivity index (χ0n) is 6.49. The maximum atomic E-state index is 12.7. The van der Waals surface area contributed by atoms with Crippen LogP contribution in [0.4, 0.5) is 14.5 Å². The molecule has 3 heteroatoms. The van der Waals surface area contributed by atoms with Crippen LogP contribution in [0.15, 0.2) is 12.1 Å². The molecule has 1 aromatic rings. The van der Waals surface area contributed by atoms with Crippen LogP contribution in [0.25, 0.3) is 0 Å². The fraction of sp³-hybridized carbons (Fsp3) is 0.111. The molecule has 0 saturated heterocycles. The summed E-state index contributed by atoms with van der Waals surface area (Å²) in [5.41, 5.74) is 5.38. The SMILES string of the molecule is CC#Cc1cc(F)cc(F)c1N. The van der Waals surface area contributed by atoms with Gasteiger partial charge in [-0.15, -0.1) is 5.92 Å². The maximum absolute atomic E-state index is 12.7. The highest BCUT2D eigenvalue weighted by molar-refractivity contribution is 5.56. The average molecular weight is 167 g/mol. The summed E-state index contributed by atoms with van der Waals surface area (Å²) in [5, 5.41) is 0. The summed E-state index contributed by atoms with van der Waals surface area (Å²) < 4.78 is 25.3. The van der Waals surface area contributed by atoms with Crippen molar-refractivity contribution in [3.05, 3.63) is 29.3 Å². The van der Waals surface area contributed by atoms with Gasteiger partial charge in [-0.05, 0) is 13.0 Å². The number of anilines is 1. The third-order valence-corrected chi connectivity index (χ3v) is 1.35. The molecule has 0 aliphatic heterocycles. The lowest BCUT2D eigenvalue weighted by Gasteiger charge is -1.99. The van der Waals surface area contributed by atoms with Crippen molar-refractivity contribution >= 4 is 5.69 Å². The van der Waals surface area contributed by atoms with E-state index in [0.29, 0.717) is 0 Å². The second-order valence-corrected chi connectivity index (χ2v) is 2.22. The van der Waals surface area contributed by atoms with E-state index in [1.807, 2.05) is 0 Å². The van der Waals surface area contributed by atoms with E-state index in [0.717, 1.165) is 12.1 Å². The Morgan fingerprint density at radius 2 is 2.00 bits per heavy atom. The molecule has 0 bridgehead atoms. The Hall–Kier alpha value is -1.56. The van der Waals surface area contributed by atoms with Gasteiger partial charge in [0.25, 0.3) is 0 Å². The Morgan fingerprint density at radius 3 is 2.58 bits per heavy atom. The van der Waals surface area contributed by atoms with Crippen molar-refractivity contribution in [3.8, 4) is 11.8 Å². The van der Waals surface area contributed by atoms with Crippen LogP contribution in [0.2, 0.25) is 0 Å². The van der Waals surface area contributed by atoms with Crippen LogP contribution in [0.1, 0.15) is 12.5 Å². The molecule has 0 atom stereocenters. The van der Waals surface area contributed by atoms with E-state index in [9.17, 15) is 8.78 Å². The van der Waals surface area contributed by atoms with E-state index in [2.05, 4.69) is 11.8 Å². The second kappa shape index (κ2) is 3.22. The lowest BCUT2D eigenvalue weighted by molar-refractivity contribution is 0.586. The third-order valence-electron chi connectivity index (χ3n) is 1.35. The zero-order valence-corrected chi connectivity index (χ0v) is 6.49. The number of nitrogens with two attached hydrogens (primary N) is 1. The van der Waals surface area contributed by atoms with Crippen LogP contribution >= 0.6 is 0 Å². The fourth-order valence-electron chi connectivity index (χ4n) is 0.823. The minimum absolute atomic E-state index is 0.106. The molecule has 2 N–H and O–H groups in total. The first-order valence-corrected chi connectivity index (χ1v) is 3.32. The monoisotopic (exact) mass is 167 g/mol. The van der Waals surface area contributed by atoms with Crippen LogP contribution in [0, 0.1) is 23.5 Å². The second-order valence-electron chi connectivity index (χ2n) is 2.22. The third kappa shape index (κ3) is 1.54. The van der Waals surface area contributed by atoms with Gasteiger partial charge in [0.1, 0.15) is 11.6 Å². The molecule has 0 aromatic heterocycles. The highest BCUT2D eigenvalue weighted by atomic mass is 19.1. The summed E-state index contributed by atoms with van der Waals surface area (Å²) in [6.45, 7) is 1.57. The van der Waals surface area contributed by atoms with E-state index in [-0.39, 0.29) is 11.3 Å². The summed E-state index contributed by atoms with van der Waals surface area (Å²) in [7, 11) is 0. The number of hydrogen-bond acceptors (Lipinski definition) is 1. The number of halogens is 2. The van der Waals surface area contributed by atoms with Gasteiger partial charge in [-0.2, -0.15) is 0 Å². The van der Waals surface area contributed by atoms with Crippen molar-refractivity contribution in [1.82, 2.24) is 0 Å². The van der Waals surface area contributed by atoms with Gasteiger partial charge >= 0.3 is 0 Å². The van der Waals surface area contributed by atoms with Crippen LogP contribution in [-0.2, 0) is 0 Å². The minimum atomic E-state index is -0.771. The predicted molar refractivity (Wildman–Crippen MR) is 43.3 cm³/mol. The van der Waals surface area contributed by atoms with E-state index >= 15 is 0 Å². The highest BCUT2D eigenvalue weighted by Gasteiger charge is 2.05. The minimum Gasteiger partial charge on any atom is -0.395 e. The van der Waals surface area contributed by atoms with Crippen LogP contribution in [0.5, 0.6) is 0 Å². The average Bonchev–Trinajstić information content (AvgIpc) is 2.00. The highest BCUT2D eigenvalue weighted by Crippen LogP contribution is 2.16. The van der Waals surface area contributed by atoms with Gasteiger partial charge in [0, 0.05) is 6.07 Å². The first-order chi connectivity index (χ1) is 5.65. The molecule has 1 rings (SSSR count). The van der Waals surface area contributed by atoms with Gasteiger partial charge in [-0.3, -0.25) is 0 Å². The molecule has 0 unspecified atom stereocenters. The molecule has 62 valence electrons. The fourth-order valence-corrected chi connectivity index (χ4v) is 0.823. The predicted octanol–water partition coefficient (Wildman–Crippen LogP) is 1.92. The number of nitrogen functional groups attached to an aromatic ring is 1. The normalized spacial score (nSPS) is 8.92. The molecule has 0 heterocycles. The molecule has 0 saturated carbocycles. The van der Waals surface area contributed by atoms with Gasteiger partial charge < -0.3 is 5.73 Å². The van der Waals surface area contributed by atoms with E-state index < -0.39 is 11.6 Å². The molecule has 0 spiro atoms. The first kappa shape index (κ1) is 8.54. The van der Waals surface area contributed by atoms with Crippen LogP contribution in [-0.4, -0.2) is 0 Å². The van der Waals surface area contributed by atoms with Crippen LogP contribution in [0.3, 0.4) is 0 Å². The van der Waals surface area contributed by atoms with Crippen molar-refractivity contribution in [2.45, 2.75) is 6.92 Å². The van der Waals surface area contributed by atoms with E-state index in [1.54, 1.807) is 6.92 Å². The van der Waals surface area contributed by atoms with Crippen molar-refractivity contribution < 1.29 is 8.78 Å². The maximum Gasteiger partial charge on any atom is 0.150 e. The quantitative estimate of drug-likeness (QED) is 0.463. The van der Waals surface area contributed by atoms with Crippen molar-refractivity contribution in [2.75, 3.05) is 5.73 Å². The summed E-state index contributed by atoms with van der Waals surface area (Å²) in [5.74, 6) is 3.58. The van der Waals surface area contributed by atoms with Gasteiger partial charge in [0.2, 0.25) is 0 Å². The standard InChI is InChI=1S/C9H7F2N/c1-2-3-6-4-7(10)5-8(11)9(6)12/h4-5H,12H2,1H3. The van der Waals surface area contributed by atoms with Crippen LogP contribution < -0.4 is 5.73 Å². The Balaban J connectivity index is 3.34. The molecular weight excluding hydrogens is 160 g/mol. The van der Waals surface area contributed by atoms with Gasteiger partial charge in [-0.25, -0.2) is 8.78 Å². The molecule has 0 aliphatic rings. The van der Waals surface area contributed by atoms with Gasteiger partial charge in [0.05, 0.1) is 11.3 Å². The summed E-state index contributed by atoms with van der Waals surface area (Å²) in [4.78, 5) is 0. The number of hydrogen-bond donors (Lipinski definition) is 1. The first-order valence-electron chi connectivity index (χ1n) is 3.32. The molecule has 0 aliphatic carbocycles. The Morgan fingerprint density at radius 1 is 1.33 bits per heavy atom. The lowest BCUT2D eigenvalue weighted by atomic mass is 10.2. The van der Waals surface area contributed by atoms with Gasteiger partial charge in [-0.1, -0.05) is 5.92 Å². The lowest BCUT2D eigenvalue weighted by Crippen LogP contribution is -1.96. The Kier molecular flexibility index (Phi) is 2.29. The molecular formula is C9H7F2N. The number of benzene rings is 1. The topological polar surface area (TPSA) is 26.0 Å². The molecule has 1 nitrogen and oxygen atoms in total. The summed E-state index contributed by atoms with van der Waals surface area (Å²) in [6.07, 6.45) is 0. The molecule has 12 heavy (non-hydrogen) atoms. The summed E-state index contributed by atoms with van der Waals surface area (Å²) in [6, 6.07) is 1.84. The van der Waals surface area contributed by atoms with Crippen molar-refractivity contribution in [1.29, 1.82) is 0 Å². The number of rotatable bonds is 0. The smallest absolute Gasteiger partial charge is 0.150 e. The van der Waals surface area contributed by atoms with E-state index in [1.165, 1.54) is 0 Å². The van der Waals surface area contributed by atoms with Crippen molar-refractivity contribution in [2.24, 2.45) is 0 Å². The van der Waals surface area contributed by atoms with E-state index in [4.69, 9.17) is 5.73 Å². The molecule has 0 radical (unpaired) electrons.